The summed E-state index contributed by atoms with van der Waals surface area (Å²) < 4.78 is 15.5. The topological polar surface area (TPSA) is 137 Å². The molecule has 0 saturated heterocycles. The molecule has 4 atom stereocenters. The maximum atomic E-state index is 12.6. The zero-order valence-electron chi connectivity index (χ0n) is 29.5. The Hall–Kier alpha value is -4.44. The Bertz CT molecular complexity index is 1520. The number of carbonyl (C=O) groups excluding carboxylic acids is 4. The van der Waals surface area contributed by atoms with Crippen molar-refractivity contribution in [2.45, 2.75) is 79.0 Å². The van der Waals surface area contributed by atoms with E-state index in [1.165, 1.54) is 28.6 Å². The second kappa shape index (κ2) is 17.1. The Morgan fingerprint density at radius 3 is 1.79 bits per heavy atom. The van der Waals surface area contributed by atoms with Gasteiger partial charge in [-0.1, -0.05) is 74.5 Å². The largest absolute Gasteiger partial charge is 0.465 e. The van der Waals surface area contributed by atoms with E-state index in [0.29, 0.717) is 6.61 Å². The molecule has 4 rings (SSSR count). The average molecular weight is 662 g/mol. The van der Waals surface area contributed by atoms with E-state index in [9.17, 15) is 19.2 Å². The molecule has 10 nitrogen and oxygen atoms in total. The van der Waals surface area contributed by atoms with E-state index in [-0.39, 0.29) is 31.0 Å². The van der Waals surface area contributed by atoms with Crippen LogP contribution in [0.5, 0.6) is 0 Å². The molecule has 0 unspecified atom stereocenters. The minimum absolute atomic E-state index is 0.0206. The molecule has 2 amide bonds. The third kappa shape index (κ3) is 10.0. The molecule has 0 aliphatic heterocycles. The number of nitrogens with zero attached hydrogens (tertiary/aromatic N) is 1. The van der Waals surface area contributed by atoms with Gasteiger partial charge in [-0.15, -0.1) is 0 Å². The van der Waals surface area contributed by atoms with E-state index >= 15 is 0 Å². The van der Waals surface area contributed by atoms with Gasteiger partial charge in [-0.05, 0) is 80.9 Å². The van der Waals surface area contributed by atoms with E-state index < -0.39 is 35.7 Å². The highest BCUT2D eigenvalue weighted by atomic mass is 16.6. The number of amides is 2. The Labute approximate surface area is 284 Å². The molecule has 2 aromatic rings. The van der Waals surface area contributed by atoms with E-state index in [4.69, 9.17) is 19.9 Å². The van der Waals surface area contributed by atoms with Gasteiger partial charge in [0.05, 0.1) is 13.2 Å². The van der Waals surface area contributed by atoms with Crippen LogP contribution < -0.4 is 11.1 Å². The van der Waals surface area contributed by atoms with Gasteiger partial charge in [0.2, 0.25) is 5.91 Å². The second-order valence-corrected chi connectivity index (χ2v) is 13.0. The molecular weight excluding hydrogens is 610 g/mol. The number of benzene rings is 2. The number of allylic oxidation sites excluding steroid dienone is 2. The second-order valence-electron chi connectivity index (χ2n) is 13.0. The van der Waals surface area contributed by atoms with Crippen LogP contribution in [0.1, 0.15) is 70.7 Å². The summed E-state index contributed by atoms with van der Waals surface area (Å²) in [6.45, 7) is 13.0. The van der Waals surface area contributed by atoms with Gasteiger partial charge in [-0.25, -0.2) is 9.59 Å². The Balaban J connectivity index is 0.000000294. The number of nitrogens with one attached hydrogen (secondary N) is 1. The summed E-state index contributed by atoms with van der Waals surface area (Å²) in [5.74, 6) is -1.59. The summed E-state index contributed by atoms with van der Waals surface area (Å²) >= 11 is 0. The number of nitrogens with two attached hydrogens (primary N) is 1. The van der Waals surface area contributed by atoms with Crippen LogP contribution in [0.15, 0.2) is 60.7 Å². The maximum Gasteiger partial charge on any atom is 0.410 e. The number of rotatable bonds is 11. The first-order valence-electron chi connectivity index (χ1n) is 16.6. The fourth-order valence-corrected chi connectivity index (χ4v) is 5.76. The smallest absolute Gasteiger partial charge is 0.410 e. The van der Waals surface area contributed by atoms with E-state index in [0.717, 1.165) is 29.6 Å². The zero-order valence-corrected chi connectivity index (χ0v) is 29.5. The molecule has 10 heteroatoms. The summed E-state index contributed by atoms with van der Waals surface area (Å²) in [5.41, 5.74) is 12.3. The lowest BCUT2D eigenvalue weighted by Gasteiger charge is -2.27. The minimum Gasteiger partial charge on any atom is -0.465 e. The SMILES string of the molecule is CCOC(=O)[C@@H](N)[C@@H](C)C1=CCc2ccccc21.CCOC(=O)[C@@H](NC(=O)CN(C)C(=O)OC(C)(C)C)[C@@H](C)C1=CCc2ccccc21. The highest BCUT2D eigenvalue weighted by Gasteiger charge is 2.34. The fraction of sp³-hybridized carbons (Fsp3) is 0.474. The van der Waals surface area contributed by atoms with E-state index in [2.05, 4.69) is 35.7 Å². The first-order chi connectivity index (χ1) is 22.7. The summed E-state index contributed by atoms with van der Waals surface area (Å²) in [5, 5.41) is 2.75. The van der Waals surface area contributed by atoms with Crippen molar-refractivity contribution in [3.8, 4) is 0 Å². The van der Waals surface area contributed by atoms with Crippen LogP contribution in [0.25, 0.3) is 11.1 Å². The van der Waals surface area contributed by atoms with E-state index in [1.54, 1.807) is 34.6 Å². The average Bonchev–Trinajstić information content (AvgIpc) is 3.67. The van der Waals surface area contributed by atoms with E-state index in [1.807, 2.05) is 44.2 Å². The Kier molecular flexibility index (Phi) is 13.5. The molecule has 0 heterocycles. The normalized spacial score (nSPS) is 15.5. The van der Waals surface area contributed by atoms with Gasteiger partial charge in [-0.3, -0.25) is 9.59 Å². The fourth-order valence-electron chi connectivity index (χ4n) is 5.76. The molecule has 0 saturated carbocycles. The molecule has 0 bridgehead atoms. The Morgan fingerprint density at radius 1 is 0.812 bits per heavy atom. The van der Waals surface area contributed by atoms with Gasteiger partial charge < -0.3 is 30.2 Å². The summed E-state index contributed by atoms with van der Waals surface area (Å²) in [6, 6.07) is 14.8. The summed E-state index contributed by atoms with van der Waals surface area (Å²) in [7, 11) is 1.48. The van der Waals surface area contributed by atoms with Crippen molar-refractivity contribution in [2.24, 2.45) is 17.6 Å². The molecule has 2 aliphatic carbocycles. The quantitative estimate of drug-likeness (QED) is 0.244. The molecular formula is C38H51N3O7. The monoisotopic (exact) mass is 661 g/mol. The van der Waals surface area contributed by atoms with Crippen molar-refractivity contribution in [3.63, 3.8) is 0 Å². The molecule has 48 heavy (non-hydrogen) atoms. The number of ether oxygens (including phenoxy) is 3. The van der Waals surface area contributed by atoms with Crippen LogP contribution in [-0.2, 0) is 41.4 Å². The number of likely N-dealkylation sites (N-methyl/N-ethyl adjacent to an activating group) is 1. The highest BCUT2D eigenvalue weighted by molar-refractivity contribution is 5.90. The predicted octanol–water partition coefficient (Wildman–Crippen LogP) is 5.33. The summed E-state index contributed by atoms with van der Waals surface area (Å²) in [4.78, 5) is 50.2. The molecule has 0 spiro atoms. The lowest BCUT2D eigenvalue weighted by Crippen LogP contribution is -2.50. The third-order valence-corrected chi connectivity index (χ3v) is 8.26. The number of esters is 2. The van der Waals surface area contributed by atoms with Crippen molar-refractivity contribution in [2.75, 3.05) is 26.8 Å². The van der Waals surface area contributed by atoms with Crippen molar-refractivity contribution in [1.29, 1.82) is 0 Å². The molecule has 3 N–H and O–H groups in total. The van der Waals surface area contributed by atoms with Gasteiger partial charge in [0, 0.05) is 18.9 Å². The maximum absolute atomic E-state index is 12.6. The standard InChI is InChI=1S/C23H32N2O5.C15H19NO2/c1-7-29-21(27)20(15(2)17-13-12-16-10-8-9-11-18(16)17)24-19(26)14-25(6)22(28)30-23(3,4)5;1-3-18-15(17)14(16)10(2)12-9-8-11-6-4-5-7-13(11)12/h8-11,13,15,20H,7,12,14H2,1-6H3,(H,24,26);4-7,9-10,14H,3,8,16H2,1-2H3/t15-,20-;10-,14-/m00/s1. The third-order valence-electron chi connectivity index (χ3n) is 8.26. The lowest BCUT2D eigenvalue weighted by molar-refractivity contribution is -0.148. The van der Waals surface area contributed by atoms with Crippen LogP contribution in [0, 0.1) is 11.8 Å². The van der Waals surface area contributed by atoms with Crippen molar-refractivity contribution in [3.05, 3.63) is 82.9 Å². The lowest BCUT2D eigenvalue weighted by atomic mass is 9.89. The van der Waals surface area contributed by atoms with Gasteiger partial charge in [0.1, 0.15) is 24.2 Å². The molecule has 0 aromatic heterocycles. The summed E-state index contributed by atoms with van der Waals surface area (Å²) in [6.07, 6.45) is 5.35. The zero-order chi connectivity index (χ0) is 35.6. The van der Waals surface area contributed by atoms with Gasteiger partial charge in [-0.2, -0.15) is 0 Å². The van der Waals surface area contributed by atoms with Crippen LogP contribution in [0.4, 0.5) is 4.79 Å². The Morgan fingerprint density at radius 2 is 1.29 bits per heavy atom. The minimum atomic E-state index is -0.859. The van der Waals surface area contributed by atoms with Crippen molar-refractivity contribution < 1.29 is 33.4 Å². The molecule has 2 aromatic carbocycles. The van der Waals surface area contributed by atoms with Gasteiger partial charge >= 0.3 is 18.0 Å². The molecule has 260 valence electrons. The molecule has 0 radical (unpaired) electrons. The van der Waals surface area contributed by atoms with Gasteiger partial charge in [0.15, 0.2) is 0 Å². The highest BCUT2D eigenvalue weighted by Crippen LogP contribution is 2.35. The molecule has 2 aliphatic rings. The van der Waals surface area contributed by atoms with Crippen LogP contribution in [0.3, 0.4) is 0 Å². The van der Waals surface area contributed by atoms with Crippen LogP contribution in [-0.4, -0.2) is 73.3 Å². The molecule has 0 fully saturated rings. The van der Waals surface area contributed by atoms with Crippen molar-refractivity contribution >= 4 is 35.1 Å². The van der Waals surface area contributed by atoms with Crippen LogP contribution >= 0.6 is 0 Å². The first-order valence-corrected chi connectivity index (χ1v) is 16.6. The number of fused-ring (bicyclic) bond motifs is 2. The number of hydrogen-bond acceptors (Lipinski definition) is 8. The van der Waals surface area contributed by atoms with Crippen molar-refractivity contribution in [1.82, 2.24) is 10.2 Å². The number of hydrogen-bond donors (Lipinski definition) is 2. The van der Waals surface area contributed by atoms with Gasteiger partial charge in [0.25, 0.3) is 0 Å². The first kappa shape index (κ1) is 38.0. The predicted molar refractivity (Wildman–Crippen MR) is 187 cm³/mol. The van der Waals surface area contributed by atoms with Crippen LogP contribution in [0.2, 0.25) is 0 Å². The number of carbonyl (C=O) groups is 4.